The molecule has 0 N–H and O–H groups in total. The zero-order chi connectivity index (χ0) is 38.2. The van der Waals surface area contributed by atoms with Gasteiger partial charge in [0, 0.05) is 27.1 Å². The molecule has 2 aliphatic carbocycles. The van der Waals surface area contributed by atoms with Gasteiger partial charge in [-0.3, -0.25) is 9.13 Å². The number of para-hydroxylation sites is 4. The molecule has 3 unspecified atom stereocenters. The van der Waals surface area contributed by atoms with Crippen LogP contribution >= 0.6 is 0 Å². The number of rotatable bonds is 7. The monoisotopic (exact) mass is 763 g/mol. The number of fused-ring (bicyclic) bond motifs is 8. The first kappa shape index (κ1) is 33.5. The Balaban J connectivity index is 1.15. The van der Waals surface area contributed by atoms with Gasteiger partial charge in [0.25, 0.3) is 0 Å². The van der Waals surface area contributed by atoms with Crippen molar-refractivity contribution in [1.82, 2.24) is 24.1 Å². The second-order valence-electron chi connectivity index (χ2n) is 16.4. The summed E-state index contributed by atoms with van der Waals surface area (Å²) >= 11 is 0. The van der Waals surface area contributed by atoms with E-state index in [4.69, 9.17) is 15.0 Å². The topological polar surface area (TPSA) is 48.5 Å². The molecular formula is C52H41N5Si. The highest BCUT2D eigenvalue weighted by atomic mass is 28.3. The molecule has 0 aliphatic heterocycles. The van der Waals surface area contributed by atoms with Crippen LogP contribution in [0.3, 0.4) is 0 Å². The number of hydrogen-bond donors (Lipinski definition) is 0. The first-order valence-electron chi connectivity index (χ1n) is 20.7. The lowest BCUT2D eigenvalue weighted by Gasteiger charge is -2.43. The highest BCUT2D eigenvalue weighted by Crippen LogP contribution is 2.55. The fourth-order valence-electron chi connectivity index (χ4n) is 11.2. The van der Waals surface area contributed by atoms with Gasteiger partial charge in [-0.15, -0.1) is 0 Å². The van der Waals surface area contributed by atoms with Crippen LogP contribution in [0.15, 0.2) is 182 Å². The van der Waals surface area contributed by atoms with E-state index in [2.05, 4.69) is 191 Å². The minimum Gasteiger partial charge on any atom is -0.278 e. The Hall–Kier alpha value is -6.63. The van der Waals surface area contributed by atoms with Gasteiger partial charge in [0.05, 0.1) is 22.1 Å². The summed E-state index contributed by atoms with van der Waals surface area (Å²) in [7, 11) is -2.57. The molecular weight excluding hydrogens is 723 g/mol. The normalized spacial score (nSPS) is 17.9. The van der Waals surface area contributed by atoms with Gasteiger partial charge in [-0.1, -0.05) is 171 Å². The van der Waals surface area contributed by atoms with Gasteiger partial charge in [0.15, 0.2) is 13.9 Å². The molecule has 2 saturated carbocycles. The Morgan fingerprint density at radius 2 is 0.862 bits per heavy atom. The van der Waals surface area contributed by atoms with Gasteiger partial charge in [-0.05, 0) is 70.0 Å². The maximum Gasteiger partial charge on any atom is 0.240 e. The molecule has 10 aromatic rings. The SMILES string of the molecule is c1ccc([Si](c2ccccc2)(c2cccc(-c3nc(-n4c5ccccc5c5ccccc54)nc(-n4c5ccccc5c5ccccc54)n3)c2)C2CC3CCC2C3)cc1. The molecule has 3 heterocycles. The molecule has 2 bridgehead atoms. The smallest absolute Gasteiger partial charge is 0.240 e. The molecule has 3 atom stereocenters. The Morgan fingerprint density at radius 1 is 0.414 bits per heavy atom. The van der Waals surface area contributed by atoms with E-state index in [0.29, 0.717) is 23.3 Å². The molecule has 6 heteroatoms. The van der Waals surface area contributed by atoms with Crippen LogP contribution in [0, 0.1) is 11.8 Å². The summed E-state index contributed by atoms with van der Waals surface area (Å²) in [5, 5.41) is 9.10. The van der Waals surface area contributed by atoms with E-state index >= 15 is 0 Å². The highest BCUT2D eigenvalue weighted by Gasteiger charge is 2.54. The van der Waals surface area contributed by atoms with E-state index in [0.717, 1.165) is 39.5 Å². The van der Waals surface area contributed by atoms with E-state index < -0.39 is 8.07 Å². The summed E-state index contributed by atoms with van der Waals surface area (Å²) in [5.74, 6) is 3.44. The Kier molecular flexibility index (Phi) is 7.63. The first-order valence-corrected chi connectivity index (χ1v) is 22.8. The van der Waals surface area contributed by atoms with Crippen LogP contribution in [-0.2, 0) is 0 Å². The molecule has 278 valence electrons. The fraction of sp³-hybridized carbons (Fsp3) is 0.135. The Bertz CT molecular complexity index is 2890. The fourth-order valence-corrected chi connectivity index (χ4v) is 17.3. The van der Waals surface area contributed by atoms with Crippen molar-refractivity contribution in [3.63, 3.8) is 0 Å². The molecule has 2 aliphatic rings. The lowest BCUT2D eigenvalue weighted by molar-refractivity contribution is 0.473. The number of benzene rings is 7. The minimum absolute atomic E-state index is 0.604. The summed E-state index contributed by atoms with van der Waals surface area (Å²) < 4.78 is 4.44. The first-order chi connectivity index (χ1) is 28.8. The van der Waals surface area contributed by atoms with Gasteiger partial charge < -0.3 is 0 Å². The second kappa shape index (κ2) is 13.2. The third-order valence-corrected chi connectivity index (χ3v) is 19.0. The van der Waals surface area contributed by atoms with Gasteiger partial charge in [-0.2, -0.15) is 15.0 Å². The predicted molar refractivity (Wildman–Crippen MR) is 241 cm³/mol. The standard InChI is InChI=1S/C52H41N5Si/c1-3-17-38(18-4-1)58(39-19-5-2-6-20-39,49-33-35-30-31-36(49)32-35)40-21-15-16-37(34-40)50-53-51(56-45-26-11-7-22-41(45)42-23-8-12-27-46(42)56)55-52(54-50)57-47-28-13-9-24-43(47)44-25-10-14-29-48(44)57/h1-29,34-36,49H,30-33H2. The summed E-state index contributed by atoms with van der Waals surface area (Å²) in [6.45, 7) is 0. The number of aromatic nitrogens is 5. The number of hydrogen-bond acceptors (Lipinski definition) is 3. The lowest BCUT2D eigenvalue weighted by Crippen LogP contribution is -2.70. The predicted octanol–water partition coefficient (Wildman–Crippen LogP) is 10.4. The van der Waals surface area contributed by atoms with Crippen LogP contribution in [0.1, 0.15) is 25.7 Å². The summed E-state index contributed by atoms with van der Waals surface area (Å²) in [4.78, 5) is 16.3. The van der Waals surface area contributed by atoms with Crippen molar-refractivity contribution in [2.45, 2.75) is 31.2 Å². The van der Waals surface area contributed by atoms with Crippen LogP contribution in [-0.4, -0.2) is 32.2 Å². The van der Waals surface area contributed by atoms with Crippen LogP contribution in [0.5, 0.6) is 0 Å². The average molecular weight is 764 g/mol. The second-order valence-corrected chi connectivity index (χ2v) is 20.5. The van der Waals surface area contributed by atoms with Gasteiger partial charge >= 0.3 is 0 Å². The number of nitrogens with zero attached hydrogens (tertiary/aromatic N) is 5. The van der Waals surface area contributed by atoms with Crippen molar-refractivity contribution in [1.29, 1.82) is 0 Å². The van der Waals surface area contributed by atoms with E-state index in [1.54, 1.807) is 0 Å². The molecule has 5 nitrogen and oxygen atoms in total. The zero-order valence-corrected chi connectivity index (χ0v) is 33.1. The van der Waals surface area contributed by atoms with Gasteiger partial charge in [0.1, 0.15) is 0 Å². The molecule has 0 saturated heterocycles. The third kappa shape index (κ3) is 4.97. The maximum atomic E-state index is 5.46. The molecule has 3 aromatic heterocycles. The molecule has 0 spiro atoms. The molecule has 12 rings (SSSR count). The van der Waals surface area contributed by atoms with Crippen molar-refractivity contribution >= 4 is 67.2 Å². The Labute approximate surface area is 338 Å². The van der Waals surface area contributed by atoms with Crippen molar-refractivity contribution in [3.8, 4) is 23.3 Å². The molecule has 7 aromatic carbocycles. The van der Waals surface area contributed by atoms with E-state index in [9.17, 15) is 0 Å². The van der Waals surface area contributed by atoms with Crippen LogP contribution in [0.2, 0.25) is 5.54 Å². The summed E-state index contributed by atoms with van der Waals surface area (Å²) in [6.07, 6.45) is 5.36. The van der Waals surface area contributed by atoms with Crippen LogP contribution < -0.4 is 15.6 Å². The van der Waals surface area contributed by atoms with Crippen molar-refractivity contribution in [2.75, 3.05) is 0 Å². The van der Waals surface area contributed by atoms with Crippen molar-refractivity contribution in [2.24, 2.45) is 11.8 Å². The van der Waals surface area contributed by atoms with E-state index in [-0.39, 0.29) is 0 Å². The van der Waals surface area contributed by atoms with E-state index in [1.165, 1.54) is 62.8 Å². The van der Waals surface area contributed by atoms with E-state index in [1.807, 2.05) is 0 Å². The summed E-state index contributed by atoms with van der Waals surface area (Å²) in [6, 6.07) is 66.7. The quantitative estimate of drug-likeness (QED) is 0.120. The van der Waals surface area contributed by atoms with Gasteiger partial charge in [0.2, 0.25) is 11.9 Å². The van der Waals surface area contributed by atoms with Gasteiger partial charge in [-0.25, -0.2) is 0 Å². The molecule has 58 heavy (non-hydrogen) atoms. The molecule has 2 fully saturated rings. The maximum absolute atomic E-state index is 5.46. The third-order valence-electron chi connectivity index (χ3n) is 13.5. The highest BCUT2D eigenvalue weighted by molar-refractivity contribution is 7.12. The van der Waals surface area contributed by atoms with Crippen LogP contribution in [0.25, 0.3) is 66.9 Å². The zero-order valence-electron chi connectivity index (χ0n) is 32.1. The van der Waals surface area contributed by atoms with Crippen molar-refractivity contribution < 1.29 is 0 Å². The van der Waals surface area contributed by atoms with Crippen molar-refractivity contribution in [3.05, 3.63) is 182 Å². The molecule has 0 amide bonds. The summed E-state index contributed by atoms with van der Waals surface area (Å²) in [5.41, 5.74) is 5.90. The average Bonchev–Trinajstić information content (AvgIpc) is 4.09. The Morgan fingerprint density at radius 3 is 1.31 bits per heavy atom. The largest absolute Gasteiger partial charge is 0.278 e. The molecule has 0 radical (unpaired) electrons. The lowest BCUT2D eigenvalue weighted by atomic mass is 10.0. The van der Waals surface area contributed by atoms with Crippen LogP contribution in [0.4, 0.5) is 0 Å². The minimum atomic E-state index is -2.57.